The minimum absolute atomic E-state index is 0.214. The molecule has 5 rings (SSSR count). The quantitative estimate of drug-likeness (QED) is 0.316. The van der Waals surface area contributed by atoms with Gasteiger partial charge in [-0.15, -0.1) is 11.3 Å². The van der Waals surface area contributed by atoms with Crippen molar-refractivity contribution in [2.45, 2.75) is 0 Å². The molecule has 0 saturated carbocycles. The summed E-state index contributed by atoms with van der Waals surface area (Å²) in [5, 5.41) is 1.04. The first-order valence-electron chi connectivity index (χ1n) is 9.09. The molecule has 0 atom stereocenters. The summed E-state index contributed by atoms with van der Waals surface area (Å²) in [5.41, 5.74) is 6.59. The molecular weight excluding hydrogens is 365 g/mol. The first kappa shape index (κ1) is 16.8. The van der Waals surface area contributed by atoms with E-state index in [9.17, 15) is 4.39 Å². The van der Waals surface area contributed by atoms with Crippen molar-refractivity contribution in [1.29, 1.82) is 0 Å². The fraction of sp³-hybridized carbons (Fsp3) is 0. The third-order valence-electron chi connectivity index (χ3n) is 4.82. The molecule has 0 aliphatic carbocycles. The predicted octanol–water partition coefficient (Wildman–Crippen LogP) is 7.44. The zero-order chi connectivity index (χ0) is 18.9. The summed E-state index contributed by atoms with van der Waals surface area (Å²) in [6, 6.07) is 31.7. The lowest BCUT2D eigenvalue weighted by atomic mass is 10.00. The third kappa shape index (κ3) is 3.21. The van der Waals surface area contributed by atoms with Crippen LogP contribution in [0.5, 0.6) is 0 Å². The molecule has 0 aliphatic heterocycles. The van der Waals surface area contributed by atoms with Crippen LogP contribution in [0.25, 0.3) is 43.0 Å². The molecule has 0 radical (unpaired) electrons. The van der Waals surface area contributed by atoms with Crippen molar-refractivity contribution in [3.05, 3.63) is 103 Å². The van der Waals surface area contributed by atoms with Gasteiger partial charge in [0.2, 0.25) is 0 Å². The van der Waals surface area contributed by atoms with Crippen molar-refractivity contribution in [2.75, 3.05) is 0 Å². The number of thiazole rings is 1. The van der Waals surface area contributed by atoms with Crippen LogP contribution in [0, 0.1) is 5.82 Å². The van der Waals surface area contributed by atoms with E-state index >= 15 is 0 Å². The second-order valence-corrected chi connectivity index (χ2v) is 7.68. The summed E-state index contributed by atoms with van der Waals surface area (Å²) in [6.07, 6.45) is 0. The number of aromatic nitrogens is 1. The van der Waals surface area contributed by atoms with Crippen LogP contribution in [-0.4, -0.2) is 4.98 Å². The van der Waals surface area contributed by atoms with Gasteiger partial charge in [0.05, 0.1) is 10.2 Å². The predicted molar refractivity (Wildman–Crippen MR) is 116 cm³/mol. The highest BCUT2D eigenvalue weighted by Crippen LogP contribution is 2.32. The minimum Gasteiger partial charge on any atom is -0.236 e. The molecule has 134 valence electrons. The zero-order valence-electron chi connectivity index (χ0n) is 15.0. The number of rotatable bonds is 3. The van der Waals surface area contributed by atoms with E-state index in [-0.39, 0.29) is 5.82 Å². The van der Waals surface area contributed by atoms with E-state index < -0.39 is 0 Å². The lowest BCUT2D eigenvalue weighted by Crippen LogP contribution is -1.82. The average Bonchev–Trinajstić information content (AvgIpc) is 3.19. The lowest BCUT2D eigenvalue weighted by Gasteiger charge is -2.06. The Labute approximate surface area is 166 Å². The van der Waals surface area contributed by atoms with Gasteiger partial charge >= 0.3 is 0 Å². The Morgan fingerprint density at radius 3 is 1.54 bits per heavy atom. The maximum absolute atomic E-state index is 13.1. The topological polar surface area (TPSA) is 12.9 Å². The van der Waals surface area contributed by atoms with Crippen LogP contribution in [0.3, 0.4) is 0 Å². The second kappa shape index (κ2) is 7.02. The molecule has 1 nitrogen and oxygen atoms in total. The minimum atomic E-state index is -0.214. The molecule has 0 bridgehead atoms. The largest absolute Gasteiger partial charge is 0.236 e. The third-order valence-corrected chi connectivity index (χ3v) is 5.91. The summed E-state index contributed by atoms with van der Waals surface area (Å²) in [4.78, 5) is 4.73. The molecule has 1 aromatic heterocycles. The fourth-order valence-electron chi connectivity index (χ4n) is 3.30. The van der Waals surface area contributed by atoms with Crippen LogP contribution in [0.2, 0.25) is 0 Å². The van der Waals surface area contributed by atoms with Gasteiger partial charge in [0.15, 0.2) is 0 Å². The molecule has 0 saturated heterocycles. The van der Waals surface area contributed by atoms with Crippen molar-refractivity contribution < 1.29 is 4.39 Å². The standard InChI is InChI=1S/C25H16FNS/c26-22-15-13-20(14-16-22)18-7-5-17(6-8-18)19-9-11-21(12-10-19)25-27-23-3-1-2-4-24(23)28-25/h1-16H. The molecule has 28 heavy (non-hydrogen) atoms. The number of halogens is 1. The smallest absolute Gasteiger partial charge is 0.124 e. The van der Waals surface area contributed by atoms with Gasteiger partial charge in [-0.05, 0) is 46.5 Å². The molecule has 0 N–H and O–H groups in total. The Bertz CT molecular complexity index is 1200. The Balaban J connectivity index is 1.41. The van der Waals surface area contributed by atoms with Crippen molar-refractivity contribution >= 4 is 21.6 Å². The molecule has 1 heterocycles. The highest BCUT2D eigenvalue weighted by molar-refractivity contribution is 7.21. The van der Waals surface area contributed by atoms with Gasteiger partial charge in [0, 0.05) is 5.56 Å². The highest BCUT2D eigenvalue weighted by atomic mass is 32.1. The summed E-state index contributed by atoms with van der Waals surface area (Å²) in [6.45, 7) is 0. The Kier molecular flexibility index (Phi) is 4.22. The zero-order valence-corrected chi connectivity index (χ0v) is 15.8. The molecule has 0 spiro atoms. The molecule has 0 aliphatic rings. The Hall–Kier alpha value is -3.30. The van der Waals surface area contributed by atoms with E-state index in [2.05, 4.69) is 54.6 Å². The first-order valence-corrected chi connectivity index (χ1v) is 9.90. The van der Waals surface area contributed by atoms with E-state index in [0.717, 1.165) is 38.3 Å². The van der Waals surface area contributed by atoms with E-state index in [1.807, 2.05) is 18.2 Å². The molecule has 5 aromatic rings. The average molecular weight is 381 g/mol. The summed E-state index contributed by atoms with van der Waals surface area (Å²) in [7, 11) is 0. The van der Waals surface area contributed by atoms with E-state index in [0.29, 0.717) is 0 Å². The molecule has 4 aromatic carbocycles. The highest BCUT2D eigenvalue weighted by Gasteiger charge is 2.07. The lowest BCUT2D eigenvalue weighted by molar-refractivity contribution is 0.628. The van der Waals surface area contributed by atoms with Crippen LogP contribution < -0.4 is 0 Å². The first-order chi connectivity index (χ1) is 13.8. The second-order valence-electron chi connectivity index (χ2n) is 6.65. The van der Waals surface area contributed by atoms with Crippen LogP contribution in [0.1, 0.15) is 0 Å². The number of benzene rings is 4. The van der Waals surface area contributed by atoms with Gasteiger partial charge in [-0.3, -0.25) is 0 Å². The van der Waals surface area contributed by atoms with Gasteiger partial charge in [-0.1, -0.05) is 72.8 Å². The summed E-state index contributed by atoms with van der Waals surface area (Å²) < 4.78 is 14.3. The van der Waals surface area contributed by atoms with Crippen molar-refractivity contribution in [2.24, 2.45) is 0 Å². The van der Waals surface area contributed by atoms with Crippen LogP contribution in [0.15, 0.2) is 97.1 Å². The molecular formula is C25H16FNS. The van der Waals surface area contributed by atoms with Gasteiger partial charge in [-0.2, -0.15) is 0 Å². The maximum atomic E-state index is 13.1. The van der Waals surface area contributed by atoms with Gasteiger partial charge in [0.25, 0.3) is 0 Å². The van der Waals surface area contributed by atoms with Crippen molar-refractivity contribution in [3.8, 4) is 32.8 Å². The monoisotopic (exact) mass is 381 g/mol. The van der Waals surface area contributed by atoms with E-state index in [1.165, 1.54) is 16.8 Å². The van der Waals surface area contributed by atoms with Gasteiger partial charge in [0.1, 0.15) is 10.8 Å². The number of nitrogens with zero attached hydrogens (tertiary/aromatic N) is 1. The number of para-hydroxylation sites is 1. The van der Waals surface area contributed by atoms with Gasteiger partial charge < -0.3 is 0 Å². The van der Waals surface area contributed by atoms with Crippen LogP contribution >= 0.6 is 11.3 Å². The molecule has 0 unspecified atom stereocenters. The number of hydrogen-bond acceptors (Lipinski definition) is 2. The maximum Gasteiger partial charge on any atom is 0.124 e. The SMILES string of the molecule is Fc1ccc(-c2ccc(-c3ccc(-c4nc5ccccc5s4)cc3)cc2)cc1. The van der Waals surface area contributed by atoms with Crippen LogP contribution in [0.4, 0.5) is 4.39 Å². The fourth-order valence-corrected chi connectivity index (χ4v) is 4.27. The van der Waals surface area contributed by atoms with Crippen LogP contribution in [-0.2, 0) is 0 Å². The molecule has 3 heteroatoms. The van der Waals surface area contributed by atoms with Crippen molar-refractivity contribution in [1.82, 2.24) is 4.98 Å². The molecule has 0 amide bonds. The summed E-state index contributed by atoms with van der Waals surface area (Å²) >= 11 is 1.71. The Morgan fingerprint density at radius 1 is 0.536 bits per heavy atom. The van der Waals surface area contributed by atoms with E-state index in [4.69, 9.17) is 4.98 Å². The Morgan fingerprint density at radius 2 is 1.00 bits per heavy atom. The number of hydrogen-bond donors (Lipinski definition) is 0. The van der Waals surface area contributed by atoms with E-state index in [1.54, 1.807) is 23.5 Å². The molecule has 0 fully saturated rings. The normalized spacial score (nSPS) is 11.0. The number of fused-ring (bicyclic) bond motifs is 1. The van der Waals surface area contributed by atoms with Gasteiger partial charge in [-0.25, -0.2) is 9.37 Å². The van der Waals surface area contributed by atoms with Crippen molar-refractivity contribution in [3.63, 3.8) is 0 Å². The summed E-state index contributed by atoms with van der Waals surface area (Å²) in [5.74, 6) is -0.214.